The molecule has 1 saturated carbocycles. The van der Waals surface area contributed by atoms with Crippen molar-refractivity contribution in [3.05, 3.63) is 0 Å². The van der Waals surface area contributed by atoms with Crippen molar-refractivity contribution >= 4 is 0 Å². The van der Waals surface area contributed by atoms with E-state index < -0.39 is 0 Å². The number of hydrogen-bond donors (Lipinski definition) is 0. The standard InChI is InChI=1S/C10H20/c1-5-9(3,4)10(6-2)7-8-10/h5-8H2,1-4H3. The van der Waals surface area contributed by atoms with Gasteiger partial charge in [-0.3, -0.25) is 0 Å². The summed E-state index contributed by atoms with van der Waals surface area (Å²) in [7, 11) is 0. The summed E-state index contributed by atoms with van der Waals surface area (Å²) < 4.78 is 0. The Labute approximate surface area is 65.0 Å². The Hall–Kier alpha value is 0. The smallest absolute Gasteiger partial charge is 0.0249 e. The number of rotatable bonds is 3. The first kappa shape index (κ1) is 8.10. The molecule has 1 fully saturated rings. The van der Waals surface area contributed by atoms with Crippen molar-refractivity contribution in [2.75, 3.05) is 0 Å². The maximum absolute atomic E-state index is 2.42. The average Bonchev–Trinajstić information content (AvgIpc) is 2.67. The van der Waals surface area contributed by atoms with E-state index in [4.69, 9.17) is 0 Å². The third-order valence-corrected chi connectivity index (χ3v) is 3.85. The van der Waals surface area contributed by atoms with Gasteiger partial charge in [-0.15, -0.1) is 0 Å². The molecule has 0 bridgehead atoms. The molecule has 0 radical (unpaired) electrons. The van der Waals surface area contributed by atoms with Crippen LogP contribution in [-0.2, 0) is 0 Å². The highest BCUT2D eigenvalue weighted by Gasteiger charge is 2.51. The van der Waals surface area contributed by atoms with Gasteiger partial charge in [0.15, 0.2) is 0 Å². The fraction of sp³-hybridized carbons (Fsp3) is 1.00. The molecule has 0 heteroatoms. The summed E-state index contributed by atoms with van der Waals surface area (Å²) in [6.07, 6.45) is 5.67. The molecule has 0 aromatic heterocycles. The summed E-state index contributed by atoms with van der Waals surface area (Å²) in [4.78, 5) is 0. The van der Waals surface area contributed by atoms with Gasteiger partial charge in [0.05, 0.1) is 0 Å². The van der Waals surface area contributed by atoms with Crippen molar-refractivity contribution in [1.29, 1.82) is 0 Å². The maximum atomic E-state index is 2.42. The van der Waals surface area contributed by atoms with Gasteiger partial charge in [0, 0.05) is 0 Å². The predicted molar refractivity (Wildman–Crippen MR) is 46.0 cm³/mol. The molecule has 0 saturated heterocycles. The van der Waals surface area contributed by atoms with Crippen LogP contribution in [0.3, 0.4) is 0 Å². The topological polar surface area (TPSA) is 0 Å². The minimum atomic E-state index is 0.599. The van der Waals surface area contributed by atoms with Crippen LogP contribution in [0.15, 0.2) is 0 Å². The van der Waals surface area contributed by atoms with Crippen LogP contribution < -0.4 is 0 Å². The molecular formula is C10H20. The summed E-state index contributed by atoms with van der Waals surface area (Å²) in [6, 6.07) is 0. The lowest BCUT2D eigenvalue weighted by Gasteiger charge is -2.33. The Morgan fingerprint density at radius 1 is 1.20 bits per heavy atom. The van der Waals surface area contributed by atoms with Gasteiger partial charge in [0.25, 0.3) is 0 Å². The van der Waals surface area contributed by atoms with Crippen LogP contribution >= 0.6 is 0 Å². The highest BCUT2D eigenvalue weighted by atomic mass is 14.6. The average molecular weight is 140 g/mol. The van der Waals surface area contributed by atoms with Gasteiger partial charge in [0.1, 0.15) is 0 Å². The summed E-state index contributed by atoms with van der Waals surface area (Å²) >= 11 is 0. The van der Waals surface area contributed by atoms with Gasteiger partial charge in [0.2, 0.25) is 0 Å². The molecule has 10 heavy (non-hydrogen) atoms. The van der Waals surface area contributed by atoms with Crippen LogP contribution in [0, 0.1) is 10.8 Å². The molecule has 60 valence electrons. The van der Waals surface area contributed by atoms with Gasteiger partial charge in [-0.05, 0) is 30.1 Å². The van der Waals surface area contributed by atoms with Gasteiger partial charge in [-0.2, -0.15) is 0 Å². The molecule has 1 aliphatic carbocycles. The van der Waals surface area contributed by atoms with E-state index in [-0.39, 0.29) is 0 Å². The fourth-order valence-corrected chi connectivity index (χ4v) is 2.03. The second kappa shape index (κ2) is 2.25. The van der Waals surface area contributed by atoms with Gasteiger partial charge in [-0.25, -0.2) is 0 Å². The van der Waals surface area contributed by atoms with Crippen LogP contribution in [0.1, 0.15) is 53.4 Å². The zero-order valence-corrected chi connectivity index (χ0v) is 7.83. The fourth-order valence-electron chi connectivity index (χ4n) is 2.03. The van der Waals surface area contributed by atoms with Gasteiger partial charge >= 0.3 is 0 Å². The van der Waals surface area contributed by atoms with Crippen LogP contribution in [0.2, 0.25) is 0 Å². The van der Waals surface area contributed by atoms with Crippen molar-refractivity contribution in [3.8, 4) is 0 Å². The van der Waals surface area contributed by atoms with Crippen LogP contribution in [0.25, 0.3) is 0 Å². The molecule has 1 rings (SSSR count). The molecule has 0 atom stereocenters. The van der Waals surface area contributed by atoms with E-state index in [0.717, 1.165) is 5.41 Å². The SMILES string of the molecule is CCC(C)(C)C1(CC)CC1. The summed E-state index contributed by atoms with van der Waals surface area (Å²) in [5, 5.41) is 0. The second-order valence-corrected chi connectivity index (χ2v) is 4.37. The second-order valence-electron chi connectivity index (χ2n) is 4.37. The lowest BCUT2D eigenvalue weighted by Crippen LogP contribution is -2.23. The highest BCUT2D eigenvalue weighted by molar-refractivity contribution is 5.01. The molecular weight excluding hydrogens is 120 g/mol. The number of hydrogen-bond acceptors (Lipinski definition) is 0. The van der Waals surface area contributed by atoms with E-state index in [1.54, 1.807) is 0 Å². The third kappa shape index (κ3) is 0.980. The Bertz CT molecular complexity index is 114. The Morgan fingerprint density at radius 2 is 1.70 bits per heavy atom. The van der Waals surface area contributed by atoms with Crippen molar-refractivity contribution in [1.82, 2.24) is 0 Å². The molecule has 0 aromatic carbocycles. The highest BCUT2D eigenvalue weighted by Crippen LogP contribution is 2.61. The largest absolute Gasteiger partial charge is 0.0649 e. The van der Waals surface area contributed by atoms with Crippen LogP contribution in [-0.4, -0.2) is 0 Å². The van der Waals surface area contributed by atoms with E-state index in [0.29, 0.717) is 5.41 Å². The summed E-state index contributed by atoms with van der Waals surface area (Å²) in [5.41, 5.74) is 1.34. The molecule has 0 nitrogen and oxygen atoms in total. The normalized spacial score (nSPS) is 22.8. The predicted octanol–water partition coefficient (Wildman–Crippen LogP) is 3.61. The molecule has 1 aliphatic rings. The molecule has 0 unspecified atom stereocenters. The molecule has 0 aromatic rings. The van der Waals surface area contributed by atoms with E-state index in [9.17, 15) is 0 Å². The van der Waals surface area contributed by atoms with Crippen LogP contribution in [0.4, 0.5) is 0 Å². The van der Waals surface area contributed by atoms with Gasteiger partial charge in [-0.1, -0.05) is 34.1 Å². The Balaban J connectivity index is 2.62. The van der Waals surface area contributed by atoms with Crippen molar-refractivity contribution in [2.24, 2.45) is 10.8 Å². The third-order valence-electron chi connectivity index (χ3n) is 3.85. The zero-order valence-electron chi connectivity index (χ0n) is 7.83. The molecule has 0 heterocycles. The van der Waals surface area contributed by atoms with E-state index in [1.807, 2.05) is 0 Å². The quantitative estimate of drug-likeness (QED) is 0.561. The lowest BCUT2D eigenvalue weighted by atomic mass is 9.72. The minimum absolute atomic E-state index is 0.599. The van der Waals surface area contributed by atoms with Crippen molar-refractivity contribution in [2.45, 2.75) is 53.4 Å². The maximum Gasteiger partial charge on any atom is -0.0249 e. The summed E-state index contributed by atoms with van der Waals surface area (Å²) in [6.45, 7) is 9.49. The summed E-state index contributed by atoms with van der Waals surface area (Å²) in [5.74, 6) is 0. The Kier molecular flexibility index (Phi) is 1.82. The van der Waals surface area contributed by atoms with Gasteiger partial charge < -0.3 is 0 Å². The van der Waals surface area contributed by atoms with E-state index >= 15 is 0 Å². The van der Waals surface area contributed by atoms with Crippen LogP contribution in [0.5, 0.6) is 0 Å². The first-order chi connectivity index (χ1) is 4.58. The Morgan fingerprint density at radius 3 is 1.80 bits per heavy atom. The minimum Gasteiger partial charge on any atom is -0.0649 e. The van der Waals surface area contributed by atoms with Crippen molar-refractivity contribution < 1.29 is 0 Å². The van der Waals surface area contributed by atoms with E-state index in [1.165, 1.54) is 25.7 Å². The molecule has 0 spiro atoms. The zero-order chi connectivity index (χ0) is 7.83. The lowest BCUT2D eigenvalue weighted by molar-refractivity contribution is 0.172. The molecule has 0 amide bonds. The monoisotopic (exact) mass is 140 g/mol. The first-order valence-corrected chi connectivity index (χ1v) is 4.58. The van der Waals surface area contributed by atoms with Crippen molar-refractivity contribution in [3.63, 3.8) is 0 Å². The van der Waals surface area contributed by atoms with E-state index in [2.05, 4.69) is 27.7 Å². The first-order valence-electron chi connectivity index (χ1n) is 4.58. The molecule has 0 N–H and O–H groups in total. The molecule has 0 aliphatic heterocycles.